The molecule has 4 rings (SSSR count). The molecule has 192 valence electrons. The Kier molecular flexibility index (Phi) is 9.14. The van der Waals surface area contributed by atoms with Gasteiger partial charge in [-0.1, -0.05) is 42.5 Å². The van der Waals surface area contributed by atoms with Gasteiger partial charge in [0.25, 0.3) is 0 Å². The van der Waals surface area contributed by atoms with Crippen molar-refractivity contribution in [1.29, 1.82) is 0 Å². The highest BCUT2D eigenvalue weighted by Crippen LogP contribution is 2.38. The molecule has 7 heteroatoms. The van der Waals surface area contributed by atoms with Crippen molar-refractivity contribution in [2.75, 3.05) is 26.9 Å². The van der Waals surface area contributed by atoms with Crippen LogP contribution in [0.5, 0.6) is 5.75 Å². The van der Waals surface area contributed by atoms with E-state index in [9.17, 15) is 9.90 Å². The third-order valence-corrected chi connectivity index (χ3v) is 7.01. The lowest BCUT2D eigenvalue weighted by atomic mass is 9.82. The Balaban J connectivity index is 1.62. The van der Waals surface area contributed by atoms with Gasteiger partial charge in [0.15, 0.2) is 0 Å². The topological polar surface area (TPSA) is 93.8 Å². The first-order chi connectivity index (χ1) is 17.6. The van der Waals surface area contributed by atoms with Gasteiger partial charge in [0.1, 0.15) is 18.1 Å². The van der Waals surface area contributed by atoms with Crippen LogP contribution in [0.2, 0.25) is 0 Å². The molecule has 1 aliphatic carbocycles. The number of carboxylic acid groups (broad SMARTS) is 1. The van der Waals surface area contributed by atoms with Crippen molar-refractivity contribution in [2.45, 2.75) is 45.1 Å². The van der Waals surface area contributed by atoms with Crippen LogP contribution in [0, 0.1) is 11.8 Å². The van der Waals surface area contributed by atoms with Crippen LogP contribution in [0.3, 0.4) is 0 Å². The van der Waals surface area contributed by atoms with Crippen LogP contribution in [0.4, 0.5) is 0 Å². The lowest BCUT2D eigenvalue weighted by molar-refractivity contribution is -0.142. The lowest BCUT2D eigenvalue weighted by Gasteiger charge is -2.28. The maximum absolute atomic E-state index is 10.7. The molecular weight excluding hydrogens is 456 g/mol. The zero-order valence-electron chi connectivity index (χ0n) is 20.9. The van der Waals surface area contributed by atoms with Gasteiger partial charge in [0.05, 0.1) is 13.7 Å². The molecule has 0 saturated heterocycles. The molecule has 1 saturated carbocycles. The molecule has 36 heavy (non-hydrogen) atoms. The number of hydrogen-bond acceptors (Lipinski definition) is 5. The van der Waals surface area contributed by atoms with Crippen molar-refractivity contribution in [3.63, 3.8) is 0 Å². The first-order valence-corrected chi connectivity index (χ1v) is 12.8. The first kappa shape index (κ1) is 25.9. The Hall–Kier alpha value is -3.16. The number of hydrogen-bond donors (Lipinski definition) is 2. The summed E-state index contributed by atoms with van der Waals surface area (Å²) < 4.78 is 13.0. The van der Waals surface area contributed by atoms with Crippen molar-refractivity contribution < 1.29 is 24.5 Å². The average Bonchev–Trinajstić information content (AvgIpc) is 3.26. The number of carbonyl (C=O) groups is 1. The smallest absolute Gasteiger partial charge is 0.329 e. The Bertz CT molecular complexity index is 1120. The van der Waals surface area contributed by atoms with E-state index in [1.807, 2.05) is 30.3 Å². The summed E-state index contributed by atoms with van der Waals surface area (Å²) in [7, 11) is 1.68. The zero-order chi connectivity index (χ0) is 25.3. The number of carboxylic acids is 1. The molecule has 0 bridgehead atoms. The van der Waals surface area contributed by atoms with Crippen molar-refractivity contribution in [1.82, 2.24) is 9.78 Å². The van der Waals surface area contributed by atoms with E-state index in [1.165, 1.54) is 0 Å². The van der Waals surface area contributed by atoms with Crippen LogP contribution in [-0.2, 0) is 22.5 Å². The molecule has 7 nitrogen and oxygen atoms in total. The summed E-state index contributed by atoms with van der Waals surface area (Å²) in [6.07, 6.45) is 5.61. The Morgan fingerprint density at radius 3 is 2.44 bits per heavy atom. The molecule has 0 atom stereocenters. The highest BCUT2D eigenvalue weighted by molar-refractivity contribution is 5.83. The first-order valence-electron chi connectivity index (χ1n) is 12.8. The zero-order valence-corrected chi connectivity index (χ0v) is 20.9. The monoisotopic (exact) mass is 492 g/mol. The van der Waals surface area contributed by atoms with E-state index >= 15 is 0 Å². The van der Waals surface area contributed by atoms with Crippen molar-refractivity contribution >= 4 is 5.97 Å². The maximum Gasteiger partial charge on any atom is 0.329 e. The number of aromatic nitrogens is 2. The third kappa shape index (κ3) is 6.53. The summed E-state index contributed by atoms with van der Waals surface area (Å²) in [5.41, 5.74) is 5.32. The van der Waals surface area contributed by atoms with Crippen LogP contribution >= 0.6 is 0 Å². The van der Waals surface area contributed by atoms with E-state index in [4.69, 9.17) is 19.7 Å². The molecule has 1 fully saturated rings. The Morgan fingerprint density at radius 1 is 1.03 bits per heavy atom. The molecule has 1 aliphatic rings. The van der Waals surface area contributed by atoms with Gasteiger partial charge in [0, 0.05) is 30.0 Å². The van der Waals surface area contributed by atoms with Gasteiger partial charge >= 0.3 is 5.97 Å². The highest BCUT2D eigenvalue weighted by Gasteiger charge is 2.26. The van der Waals surface area contributed by atoms with Crippen LogP contribution in [0.1, 0.15) is 37.8 Å². The second kappa shape index (κ2) is 12.7. The quantitative estimate of drug-likeness (QED) is 0.367. The Morgan fingerprint density at radius 2 is 1.75 bits per heavy atom. The summed E-state index contributed by atoms with van der Waals surface area (Å²) in [5, 5.41) is 23.6. The lowest BCUT2D eigenvalue weighted by Crippen LogP contribution is -2.24. The van der Waals surface area contributed by atoms with Gasteiger partial charge in [-0.3, -0.25) is 4.68 Å². The minimum atomic E-state index is -0.918. The SMILES string of the molecule is COc1cccc(-c2c(-c3ccccc3)nn(C[C@H]3CC[C@@H](COCC(=O)O)CC3)c2CCCO)c1. The number of aliphatic hydroxyl groups excluding tert-OH is 1. The third-order valence-electron chi connectivity index (χ3n) is 7.01. The second-order valence-corrected chi connectivity index (χ2v) is 9.57. The van der Waals surface area contributed by atoms with Crippen LogP contribution in [0.15, 0.2) is 54.6 Å². The summed E-state index contributed by atoms with van der Waals surface area (Å²) in [5.74, 6) is 0.796. The van der Waals surface area contributed by atoms with E-state index in [0.717, 1.165) is 72.5 Å². The van der Waals surface area contributed by atoms with Gasteiger partial charge in [-0.25, -0.2) is 4.79 Å². The van der Waals surface area contributed by atoms with E-state index in [0.29, 0.717) is 24.9 Å². The van der Waals surface area contributed by atoms with Crippen LogP contribution in [-0.4, -0.2) is 52.9 Å². The standard InChI is InChI=1S/C29H36N2O5/c1-35-25-10-5-9-24(17-25)28-26(11-6-16-32)31(30-29(28)23-7-3-2-4-8-23)18-21-12-14-22(15-13-21)19-36-20-27(33)34/h2-5,7-10,17,21-22,32H,6,11-16,18-20H2,1H3,(H,33,34)/t21-,22+. The van der Waals surface area contributed by atoms with Gasteiger partial charge in [-0.15, -0.1) is 0 Å². The van der Waals surface area contributed by atoms with Crippen molar-refractivity contribution in [3.05, 3.63) is 60.3 Å². The number of rotatable bonds is 12. The highest BCUT2D eigenvalue weighted by atomic mass is 16.5. The molecule has 0 radical (unpaired) electrons. The Labute approximate surface area is 212 Å². The van der Waals surface area contributed by atoms with E-state index in [-0.39, 0.29) is 13.2 Å². The second-order valence-electron chi connectivity index (χ2n) is 9.57. The molecule has 2 aromatic carbocycles. The fourth-order valence-electron chi connectivity index (χ4n) is 5.17. The molecule has 3 aromatic rings. The molecule has 2 N–H and O–H groups in total. The predicted octanol–water partition coefficient (Wildman–Crippen LogP) is 5.06. The van der Waals surface area contributed by atoms with Gasteiger partial charge in [-0.05, 0) is 68.1 Å². The van der Waals surface area contributed by atoms with Crippen LogP contribution < -0.4 is 4.74 Å². The van der Waals surface area contributed by atoms with E-state index in [2.05, 4.69) is 28.9 Å². The number of methoxy groups -OCH3 is 1. The van der Waals surface area contributed by atoms with E-state index < -0.39 is 5.97 Å². The fraction of sp³-hybridized carbons (Fsp3) is 0.448. The summed E-state index contributed by atoms with van der Waals surface area (Å²) >= 11 is 0. The summed E-state index contributed by atoms with van der Waals surface area (Å²) in [6, 6.07) is 18.4. The van der Waals surface area contributed by atoms with Gasteiger partial charge in [0.2, 0.25) is 0 Å². The summed E-state index contributed by atoms with van der Waals surface area (Å²) in [6.45, 7) is 1.25. The normalized spacial score (nSPS) is 17.7. The fourth-order valence-corrected chi connectivity index (χ4v) is 5.17. The van der Waals surface area contributed by atoms with E-state index in [1.54, 1.807) is 7.11 Å². The van der Waals surface area contributed by atoms with Crippen molar-refractivity contribution in [3.8, 4) is 28.1 Å². The molecule has 0 aliphatic heterocycles. The molecule has 1 aromatic heterocycles. The van der Waals surface area contributed by atoms with Gasteiger partial charge in [-0.2, -0.15) is 5.10 Å². The van der Waals surface area contributed by atoms with Crippen molar-refractivity contribution in [2.24, 2.45) is 11.8 Å². The minimum absolute atomic E-state index is 0.130. The maximum atomic E-state index is 10.7. The summed E-state index contributed by atoms with van der Waals surface area (Å²) in [4.78, 5) is 10.7. The van der Waals surface area contributed by atoms with Gasteiger partial charge < -0.3 is 19.7 Å². The number of aliphatic carboxylic acids is 1. The molecule has 0 spiro atoms. The number of aliphatic hydroxyl groups is 1. The number of benzene rings is 2. The molecule has 1 heterocycles. The molecule has 0 unspecified atom stereocenters. The largest absolute Gasteiger partial charge is 0.497 e. The van der Waals surface area contributed by atoms with Crippen LogP contribution in [0.25, 0.3) is 22.4 Å². The average molecular weight is 493 g/mol. The minimum Gasteiger partial charge on any atom is -0.497 e. The number of ether oxygens (including phenoxy) is 2. The molecular formula is C29H36N2O5. The number of nitrogens with zero attached hydrogens (tertiary/aromatic N) is 2. The molecule has 0 amide bonds. The predicted molar refractivity (Wildman–Crippen MR) is 139 cm³/mol.